The average molecular weight is 766 g/mol. The fraction of sp³-hybridized carbons (Fsp3) is 0.583. The Kier molecular flexibility index (Phi) is 12.3. The molecule has 1 aromatic rings. The van der Waals surface area contributed by atoms with Gasteiger partial charge in [-0.3, -0.25) is 19.7 Å². The van der Waals surface area contributed by atoms with Crippen molar-refractivity contribution in [3.05, 3.63) is 46.5 Å². The summed E-state index contributed by atoms with van der Waals surface area (Å²) < 4.78 is 34.0. The Labute approximate surface area is 312 Å². The van der Waals surface area contributed by atoms with Crippen LogP contribution in [0.1, 0.15) is 53.5 Å². The van der Waals surface area contributed by atoms with Gasteiger partial charge in [0.05, 0.1) is 18.9 Å². The number of esters is 2. The van der Waals surface area contributed by atoms with Gasteiger partial charge in [0.25, 0.3) is 0 Å². The molecule has 16 nitrogen and oxygen atoms in total. The lowest BCUT2D eigenvalue weighted by Gasteiger charge is -2.42. The minimum Gasteiger partial charge on any atom is -0.495 e. The number of fused-ring (bicyclic) bond motifs is 5. The first-order valence-corrected chi connectivity index (χ1v) is 17.3. The molecular weight excluding hydrogens is 718 g/mol. The number of ether oxygens (including phenoxy) is 6. The van der Waals surface area contributed by atoms with Gasteiger partial charge in [0.1, 0.15) is 34.6 Å². The van der Waals surface area contributed by atoms with Gasteiger partial charge >= 0.3 is 29.7 Å². The lowest BCUT2D eigenvalue weighted by Crippen LogP contribution is -2.65. The van der Waals surface area contributed by atoms with E-state index in [2.05, 4.69) is 5.32 Å². The molecule has 9 atom stereocenters. The number of likely N-dealkylation sites (N-methyl/N-ethyl adjacent to an activating group) is 2. The summed E-state index contributed by atoms with van der Waals surface area (Å²) in [5, 5.41) is 26.6. The van der Waals surface area contributed by atoms with Crippen molar-refractivity contribution in [1.82, 2.24) is 10.2 Å². The highest BCUT2D eigenvalue weighted by Crippen LogP contribution is 2.51. The summed E-state index contributed by atoms with van der Waals surface area (Å²) in [5.74, 6) is -7.84. The summed E-state index contributed by atoms with van der Waals surface area (Å²) in [5.41, 5.74) is -2.27. The van der Waals surface area contributed by atoms with Crippen LogP contribution in [0.25, 0.3) is 0 Å². The second-order valence-electron chi connectivity index (χ2n) is 13.9. The number of benzene rings is 1. The van der Waals surface area contributed by atoms with E-state index in [1.165, 1.54) is 49.1 Å². The van der Waals surface area contributed by atoms with E-state index in [1.807, 2.05) is 6.92 Å². The van der Waals surface area contributed by atoms with Gasteiger partial charge in [-0.05, 0) is 44.9 Å². The molecule has 53 heavy (non-hydrogen) atoms. The molecule has 0 spiro atoms. The van der Waals surface area contributed by atoms with Crippen molar-refractivity contribution in [3.63, 3.8) is 0 Å². The molecule has 0 saturated carbocycles. The van der Waals surface area contributed by atoms with Crippen LogP contribution in [-0.4, -0.2) is 121 Å². The molecule has 3 aliphatic rings. The van der Waals surface area contributed by atoms with E-state index in [4.69, 9.17) is 40.0 Å². The van der Waals surface area contributed by atoms with Crippen molar-refractivity contribution in [3.8, 4) is 5.75 Å². The van der Waals surface area contributed by atoms with Crippen LogP contribution in [0.4, 0.5) is 10.5 Å². The number of alkyl carbamates (subject to hydrolysis) is 1. The number of hydrogen-bond donors (Lipinski definition) is 3. The Balaban J connectivity index is 1.96. The average Bonchev–Trinajstić information content (AvgIpc) is 3.77. The molecule has 2 fully saturated rings. The third kappa shape index (κ3) is 8.31. The quantitative estimate of drug-likeness (QED) is 0.165. The summed E-state index contributed by atoms with van der Waals surface area (Å²) in [6.45, 7) is 8.43. The number of carbonyl (C=O) groups excluding carboxylic acids is 5. The number of hydrogen-bond acceptors (Lipinski definition) is 13. The smallest absolute Gasteiger partial charge is 0.409 e. The molecule has 4 rings (SSSR count). The van der Waals surface area contributed by atoms with Gasteiger partial charge in [-0.15, -0.1) is 0 Å². The van der Waals surface area contributed by atoms with E-state index in [1.54, 1.807) is 37.3 Å². The molecule has 3 aliphatic heterocycles. The normalized spacial score (nSPS) is 33.9. The number of anilines is 1. The molecule has 0 radical (unpaired) electrons. The van der Waals surface area contributed by atoms with E-state index in [0.717, 1.165) is 22.3 Å². The summed E-state index contributed by atoms with van der Waals surface area (Å²) in [4.78, 5) is 68.1. The molecule has 2 unspecified atom stereocenters. The van der Waals surface area contributed by atoms with Gasteiger partial charge in [-0.25, -0.2) is 9.59 Å². The van der Waals surface area contributed by atoms with Gasteiger partial charge in [0, 0.05) is 47.4 Å². The van der Waals surface area contributed by atoms with Gasteiger partial charge < -0.3 is 48.4 Å². The Morgan fingerprint density at radius 2 is 1.83 bits per heavy atom. The third-order valence-electron chi connectivity index (χ3n) is 10.0. The van der Waals surface area contributed by atoms with E-state index >= 15 is 0 Å². The van der Waals surface area contributed by atoms with Crippen molar-refractivity contribution in [2.45, 2.75) is 102 Å². The number of nitrogens with zero attached hydrogens (tertiary/aromatic N) is 2. The maximum Gasteiger partial charge on any atom is 0.409 e. The second kappa shape index (κ2) is 15.6. The van der Waals surface area contributed by atoms with Crippen LogP contribution in [0, 0.1) is 5.92 Å². The van der Waals surface area contributed by atoms with E-state index in [9.17, 15) is 34.2 Å². The van der Waals surface area contributed by atoms with Gasteiger partial charge in [0.2, 0.25) is 12.0 Å². The van der Waals surface area contributed by atoms with E-state index in [-0.39, 0.29) is 22.9 Å². The number of aliphatic hydroxyl groups is 2. The SMILES string of the molecule is COc1cc2cc(c1Cl)N(C)C(=O)C(O)(OC(C)=O)[C@H](OC(=O)[C@H](C)N(C)C(C)=O)[C@]1(C)O[C@H]1[C@H](C)[C@@H]1C[C@@](O)(NC(=O)O1)C(OC)/C=C/C=C(\C)C2. The largest absolute Gasteiger partial charge is 0.495 e. The summed E-state index contributed by atoms with van der Waals surface area (Å²) in [6.07, 6.45) is -1.04. The number of allylic oxidation sites excluding steroid dienone is 3. The van der Waals surface area contributed by atoms with E-state index in [0.29, 0.717) is 12.0 Å². The Hall–Kier alpha value is -4.22. The molecule has 2 saturated heterocycles. The van der Waals surface area contributed by atoms with Crippen molar-refractivity contribution in [2.24, 2.45) is 5.92 Å². The number of rotatable bonds is 6. The Morgan fingerprint density at radius 1 is 1.17 bits per heavy atom. The molecule has 0 aliphatic carbocycles. The molecule has 3 N–H and O–H groups in total. The zero-order valence-electron chi connectivity index (χ0n) is 31.4. The topological polar surface area (TPSA) is 203 Å². The van der Waals surface area contributed by atoms with Crippen LogP contribution in [0.15, 0.2) is 35.9 Å². The number of methoxy groups -OCH3 is 2. The summed E-state index contributed by atoms with van der Waals surface area (Å²) in [6, 6.07) is 2.00. The van der Waals surface area contributed by atoms with E-state index < -0.39 is 83.3 Å². The van der Waals surface area contributed by atoms with Gasteiger partial charge in [0.15, 0.2) is 5.72 Å². The molecule has 292 valence electrons. The standard InChI is InChI=1S/C36H48ClN3O13/c1-18-12-11-13-27(49-10)35(46)17-26(50-33(45)38-35)19(2)29-34(6,53-29)31(51-30(43)20(3)39(7)21(4)41)36(47,52-22(5)42)32(44)40(8)24-15-23(14-18)16-25(48-9)28(24)37/h11-13,15-16,19-20,26-27,29,31,46-47H,14,17H2,1-10H3,(H,38,45)/b13-11+,18-12+/t19-,20+,26+,27?,29+,31-,34-,35+,36?/m1/s1. The lowest BCUT2D eigenvalue weighted by molar-refractivity contribution is -0.253. The van der Waals surface area contributed by atoms with Crippen LogP contribution >= 0.6 is 11.6 Å². The predicted molar refractivity (Wildman–Crippen MR) is 189 cm³/mol. The minimum atomic E-state index is -3.27. The molecule has 3 heterocycles. The number of epoxide rings is 1. The molecular formula is C36H48ClN3O13. The van der Waals surface area contributed by atoms with Crippen molar-refractivity contribution in [2.75, 3.05) is 33.2 Å². The maximum atomic E-state index is 14.6. The second-order valence-corrected chi connectivity index (χ2v) is 14.3. The minimum absolute atomic E-state index is 0.0203. The first kappa shape index (κ1) is 41.5. The first-order chi connectivity index (χ1) is 24.6. The highest BCUT2D eigenvalue weighted by Gasteiger charge is 2.72. The van der Waals surface area contributed by atoms with Crippen LogP contribution in [0.5, 0.6) is 5.75 Å². The van der Waals surface area contributed by atoms with Crippen LogP contribution in [0.3, 0.4) is 0 Å². The zero-order chi connectivity index (χ0) is 39.8. The van der Waals surface area contributed by atoms with Crippen LogP contribution < -0.4 is 15.0 Å². The lowest BCUT2D eigenvalue weighted by atomic mass is 9.82. The van der Waals surface area contributed by atoms with Crippen molar-refractivity contribution in [1.29, 1.82) is 0 Å². The van der Waals surface area contributed by atoms with Gasteiger partial charge in [-0.2, -0.15) is 0 Å². The molecule has 0 aromatic heterocycles. The highest BCUT2D eigenvalue weighted by molar-refractivity contribution is 6.35. The number of carbonyl (C=O) groups is 5. The van der Waals surface area contributed by atoms with Crippen LogP contribution in [-0.2, 0) is 49.3 Å². The van der Waals surface area contributed by atoms with Crippen LogP contribution in [0.2, 0.25) is 5.02 Å². The number of halogens is 1. The zero-order valence-corrected chi connectivity index (χ0v) is 32.2. The predicted octanol–water partition coefficient (Wildman–Crippen LogP) is 2.40. The third-order valence-corrected chi connectivity index (χ3v) is 10.4. The van der Waals surface area contributed by atoms with Gasteiger partial charge in [-0.1, -0.05) is 42.3 Å². The Bertz CT molecular complexity index is 1700. The monoisotopic (exact) mass is 765 g/mol. The molecule has 17 heteroatoms. The fourth-order valence-corrected chi connectivity index (χ4v) is 7.09. The first-order valence-electron chi connectivity index (χ1n) is 16.9. The fourth-order valence-electron chi connectivity index (χ4n) is 6.77. The number of nitrogens with one attached hydrogen (secondary N) is 1. The molecule has 1 aromatic carbocycles. The molecule has 4 bridgehead atoms. The Morgan fingerprint density at radius 3 is 2.42 bits per heavy atom. The van der Waals surface area contributed by atoms with Crippen molar-refractivity contribution < 1.29 is 62.6 Å². The maximum absolute atomic E-state index is 14.6. The summed E-state index contributed by atoms with van der Waals surface area (Å²) >= 11 is 6.72. The molecule has 3 amide bonds. The number of amides is 3. The van der Waals surface area contributed by atoms with Crippen molar-refractivity contribution >= 4 is 47.1 Å². The highest BCUT2D eigenvalue weighted by atomic mass is 35.5. The summed E-state index contributed by atoms with van der Waals surface area (Å²) in [7, 11) is 5.38.